The van der Waals surface area contributed by atoms with Crippen molar-refractivity contribution < 1.29 is 4.79 Å². The Morgan fingerprint density at radius 3 is 2.83 bits per heavy atom. The summed E-state index contributed by atoms with van der Waals surface area (Å²) in [4.78, 5) is 12.9. The molecule has 92 valence electrons. The molecule has 1 amide bonds. The maximum atomic E-state index is 11.7. The first-order valence-electron chi connectivity index (χ1n) is 5.75. The second-order valence-corrected chi connectivity index (χ2v) is 5.16. The van der Waals surface area contributed by atoms with Crippen molar-refractivity contribution in [2.24, 2.45) is 0 Å². The summed E-state index contributed by atoms with van der Waals surface area (Å²) in [6, 6.07) is 8.36. The zero-order chi connectivity index (χ0) is 12.5. The number of thioether (sulfide) groups is 1. The average Bonchev–Trinajstić information content (AvgIpc) is 2.86. The molecule has 1 atom stereocenters. The third-order valence-corrected chi connectivity index (χ3v) is 3.96. The summed E-state index contributed by atoms with van der Waals surface area (Å²) in [5.41, 5.74) is 2.22. The number of benzene rings is 1. The Hall–Kier alpha value is -1.75. The summed E-state index contributed by atoms with van der Waals surface area (Å²) in [5.74, 6) is 0.860. The van der Waals surface area contributed by atoms with Crippen LogP contribution in [-0.4, -0.2) is 22.4 Å². The molecule has 5 heteroatoms. The van der Waals surface area contributed by atoms with Gasteiger partial charge < -0.3 is 5.32 Å². The molecule has 2 N–H and O–H groups in total. The molecule has 0 unspecified atom stereocenters. The van der Waals surface area contributed by atoms with Gasteiger partial charge >= 0.3 is 0 Å². The largest absolute Gasteiger partial charge is 0.311 e. The Morgan fingerprint density at radius 2 is 2.11 bits per heavy atom. The van der Waals surface area contributed by atoms with Gasteiger partial charge in [-0.3, -0.25) is 9.89 Å². The van der Waals surface area contributed by atoms with Crippen molar-refractivity contribution in [3.8, 4) is 0 Å². The molecule has 0 aliphatic carbocycles. The van der Waals surface area contributed by atoms with Crippen molar-refractivity contribution in [2.75, 3.05) is 11.6 Å². The number of amides is 1. The van der Waals surface area contributed by atoms with Gasteiger partial charge in [0.05, 0.1) is 6.20 Å². The summed E-state index contributed by atoms with van der Waals surface area (Å²) >= 11 is 1.71. The Morgan fingerprint density at radius 1 is 1.33 bits per heavy atom. The summed E-state index contributed by atoms with van der Waals surface area (Å²) in [6.45, 7) is 0. The number of aromatic nitrogens is 2. The van der Waals surface area contributed by atoms with E-state index in [9.17, 15) is 4.79 Å². The second kappa shape index (κ2) is 4.49. The lowest BCUT2D eigenvalue weighted by Gasteiger charge is -2.22. The molecular formula is C13H13N3OS. The highest BCUT2D eigenvalue weighted by molar-refractivity contribution is 7.98. The van der Waals surface area contributed by atoms with E-state index in [1.807, 2.05) is 0 Å². The molecule has 0 spiro atoms. The smallest absolute Gasteiger partial charge is 0.226 e. The Labute approximate surface area is 109 Å². The molecule has 4 nitrogen and oxygen atoms in total. The average molecular weight is 259 g/mol. The molecule has 2 aromatic rings. The quantitative estimate of drug-likeness (QED) is 0.815. The van der Waals surface area contributed by atoms with E-state index in [1.54, 1.807) is 18.0 Å². The van der Waals surface area contributed by atoms with Crippen LogP contribution >= 0.6 is 11.8 Å². The van der Waals surface area contributed by atoms with E-state index < -0.39 is 0 Å². The molecule has 0 radical (unpaired) electrons. The van der Waals surface area contributed by atoms with Crippen LogP contribution in [0.3, 0.4) is 0 Å². The minimum atomic E-state index is 0.0330. The zero-order valence-electron chi connectivity index (χ0n) is 9.93. The van der Waals surface area contributed by atoms with Crippen molar-refractivity contribution in [1.29, 1.82) is 0 Å². The predicted molar refractivity (Wildman–Crippen MR) is 71.9 cm³/mol. The van der Waals surface area contributed by atoms with Crippen LogP contribution in [0.1, 0.15) is 23.5 Å². The number of anilines is 1. The van der Waals surface area contributed by atoms with E-state index in [0.717, 1.165) is 16.9 Å². The normalized spacial score (nSPS) is 18.3. The first kappa shape index (κ1) is 11.3. The van der Waals surface area contributed by atoms with Crippen LogP contribution < -0.4 is 5.32 Å². The molecular weight excluding hydrogens is 246 g/mol. The van der Waals surface area contributed by atoms with E-state index in [2.05, 4.69) is 46.0 Å². The van der Waals surface area contributed by atoms with Crippen LogP contribution in [0.15, 0.2) is 35.4 Å². The first-order valence-corrected chi connectivity index (χ1v) is 6.97. The zero-order valence-corrected chi connectivity index (χ0v) is 10.8. The number of nitrogens with zero attached hydrogens (tertiary/aromatic N) is 1. The number of aromatic amines is 1. The van der Waals surface area contributed by atoms with Crippen LogP contribution in [0.4, 0.5) is 5.82 Å². The Bertz CT molecular complexity index is 576. The molecule has 18 heavy (non-hydrogen) atoms. The van der Waals surface area contributed by atoms with Crippen molar-refractivity contribution in [3.63, 3.8) is 0 Å². The monoisotopic (exact) mass is 259 g/mol. The van der Waals surface area contributed by atoms with Gasteiger partial charge in [-0.15, -0.1) is 11.8 Å². The van der Waals surface area contributed by atoms with E-state index in [4.69, 9.17) is 0 Å². The number of nitrogens with one attached hydrogen (secondary N) is 2. The lowest BCUT2D eigenvalue weighted by atomic mass is 9.87. The number of fused-ring (bicyclic) bond motifs is 1. The molecule has 1 aromatic carbocycles. The molecule has 1 aliphatic rings. The maximum absolute atomic E-state index is 11.7. The minimum Gasteiger partial charge on any atom is -0.311 e. The summed E-state index contributed by atoms with van der Waals surface area (Å²) in [6.07, 6.45) is 4.32. The van der Waals surface area contributed by atoms with Crippen LogP contribution in [0, 0.1) is 0 Å². The van der Waals surface area contributed by atoms with E-state index in [-0.39, 0.29) is 11.8 Å². The predicted octanol–water partition coefficient (Wildman–Crippen LogP) is 2.61. The highest BCUT2D eigenvalue weighted by Gasteiger charge is 2.27. The minimum absolute atomic E-state index is 0.0330. The van der Waals surface area contributed by atoms with E-state index >= 15 is 0 Å². The van der Waals surface area contributed by atoms with Crippen molar-refractivity contribution in [2.45, 2.75) is 17.2 Å². The third-order valence-electron chi connectivity index (χ3n) is 3.22. The number of hydrogen-bond acceptors (Lipinski definition) is 3. The van der Waals surface area contributed by atoms with Crippen LogP contribution in [0.25, 0.3) is 0 Å². The molecule has 0 saturated carbocycles. The maximum Gasteiger partial charge on any atom is 0.226 e. The van der Waals surface area contributed by atoms with Gasteiger partial charge in [0.2, 0.25) is 5.91 Å². The molecule has 1 aliphatic heterocycles. The van der Waals surface area contributed by atoms with E-state index in [1.165, 1.54) is 4.90 Å². The van der Waals surface area contributed by atoms with Gasteiger partial charge in [0.1, 0.15) is 5.82 Å². The fourth-order valence-corrected chi connectivity index (χ4v) is 2.69. The van der Waals surface area contributed by atoms with Gasteiger partial charge in [-0.25, -0.2) is 0 Å². The Balaban J connectivity index is 1.99. The summed E-state index contributed by atoms with van der Waals surface area (Å²) in [5, 5.41) is 9.63. The van der Waals surface area contributed by atoms with Gasteiger partial charge in [-0.1, -0.05) is 12.1 Å². The highest BCUT2D eigenvalue weighted by atomic mass is 32.2. The fraction of sp³-hybridized carbons (Fsp3) is 0.231. The van der Waals surface area contributed by atoms with Gasteiger partial charge in [-0.2, -0.15) is 5.10 Å². The van der Waals surface area contributed by atoms with Crippen LogP contribution in [-0.2, 0) is 4.79 Å². The van der Waals surface area contributed by atoms with Crippen molar-refractivity contribution in [3.05, 3.63) is 41.6 Å². The summed E-state index contributed by atoms with van der Waals surface area (Å²) in [7, 11) is 0. The lowest BCUT2D eigenvalue weighted by molar-refractivity contribution is -0.116. The molecule has 0 saturated heterocycles. The van der Waals surface area contributed by atoms with Crippen molar-refractivity contribution in [1.82, 2.24) is 10.2 Å². The fourth-order valence-electron chi connectivity index (χ4n) is 2.28. The lowest BCUT2D eigenvalue weighted by Crippen LogP contribution is -2.22. The van der Waals surface area contributed by atoms with Crippen LogP contribution in [0.2, 0.25) is 0 Å². The second-order valence-electron chi connectivity index (χ2n) is 4.28. The molecule has 1 aromatic heterocycles. The van der Waals surface area contributed by atoms with Gasteiger partial charge in [0.15, 0.2) is 0 Å². The van der Waals surface area contributed by atoms with E-state index in [0.29, 0.717) is 6.42 Å². The van der Waals surface area contributed by atoms with Gasteiger partial charge in [0, 0.05) is 22.8 Å². The van der Waals surface area contributed by atoms with Crippen LogP contribution in [0.5, 0.6) is 0 Å². The molecule has 0 bridgehead atoms. The standard InChI is InChI=1S/C13H13N3OS/c1-18-9-4-2-8(3-5-9)10-6-12(17)15-13-11(10)7-14-16-13/h2-5,7,10H,6H2,1H3,(H2,14,15,16,17)/t10-/m1/s1. The molecule has 0 fully saturated rings. The number of H-pyrrole nitrogens is 1. The number of carbonyl (C=O) groups is 1. The topological polar surface area (TPSA) is 57.8 Å². The molecule has 2 heterocycles. The number of rotatable bonds is 2. The number of hydrogen-bond donors (Lipinski definition) is 2. The summed E-state index contributed by atoms with van der Waals surface area (Å²) < 4.78 is 0. The SMILES string of the molecule is CSc1ccc([C@H]2CC(=O)Nc3[nH]ncc32)cc1. The number of carbonyl (C=O) groups excluding carboxylic acids is 1. The molecule has 3 rings (SSSR count). The highest BCUT2D eigenvalue weighted by Crippen LogP contribution is 2.36. The van der Waals surface area contributed by atoms with Crippen molar-refractivity contribution >= 4 is 23.5 Å². The first-order chi connectivity index (χ1) is 8.78. The van der Waals surface area contributed by atoms with Gasteiger partial charge in [0.25, 0.3) is 0 Å². The van der Waals surface area contributed by atoms with Gasteiger partial charge in [-0.05, 0) is 24.0 Å². The third kappa shape index (κ3) is 1.90. The Kier molecular flexibility index (Phi) is 2.83.